The molecule has 2 N–H and O–H groups in total. The second-order valence-electron chi connectivity index (χ2n) is 5.50. The van der Waals surface area contributed by atoms with Crippen molar-refractivity contribution in [2.75, 3.05) is 0 Å². The molecule has 0 spiro atoms. The van der Waals surface area contributed by atoms with Crippen molar-refractivity contribution >= 4 is 21.4 Å². The molecule has 2 heterocycles. The molecule has 138 valence electrons. The summed E-state index contributed by atoms with van der Waals surface area (Å²) < 4.78 is 63.2. The van der Waals surface area contributed by atoms with E-state index in [1.54, 1.807) is 12.3 Å². The second kappa shape index (κ2) is 6.49. The standard InChI is InChI=1S/C15H13F3N4O2S2/c1-9-20-11(8-25-9)6-22-7-13(15(16,17)18)21-14(22)10-2-4-12(5-3-10)26(19,23)24/h2-5,7-8H,6H2,1H3,(H2,19,23,24). The molecule has 0 fully saturated rings. The number of alkyl halides is 3. The lowest BCUT2D eigenvalue weighted by Crippen LogP contribution is -2.11. The summed E-state index contributed by atoms with van der Waals surface area (Å²) in [4.78, 5) is 7.80. The van der Waals surface area contributed by atoms with Gasteiger partial charge in [-0.05, 0) is 31.2 Å². The number of rotatable bonds is 4. The van der Waals surface area contributed by atoms with Crippen molar-refractivity contribution in [3.8, 4) is 11.4 Å². The summed E-state index contributed by atoms with van der Waals surface area (Å²) in [5.41, 5.74) is -0.0872. The number of hydrogen-bond donors (Lipinski definition) is 1. The Hall–Kier alpha value is -2.24. The lowest BCUT2D eigenvalue weighted by Gasteiger charge is -2.07. The van der Waals surface area contributed by atoms with Gasteiger partial charge in [-0.15, -0.1) is 11.3 Å². The van der Waals surface area contributed by atoms with Crippen molar-refractivity contribution in [2.45, 2.75) is 24.5 Å². The maximum atomic E-state index is 13.1. The van der Waals surface area contributed by atoms with Gasteiger partial charge in [0.15, 0.2) is 5.69 Å². The first kappa shape index (κ1) is 18.5. The molecule has 3 aromatic rings. The minimum atomic E-state index is -4.60. The molecule has 11 heteroatoms. The topological polar surface area (TPSA) is 90.9 Å². The van der Waals surface area contributed by atoms with E-state index >= 15 is 0 Å². The molecule has 0 aliphatic carbocycles. The fraction of sp³-hybridized carbons (Fsp3) is 0.200. The molecule has 0 amide bonds. The molecular weight excluding hydrogens is 389 g/mol. The molecule has 0 bridgehead atoms. The quantitative estimate of drug-likeness (QED) is 0.726. The summed E-state index contributed by atoms with van der Waals surface area (Å²) in [5.74, 6) is 0.0592. The van der Waals surface area contributed by atoms with Gasteiger partial charge in [-0.1, -0.05) is 0 Å². The van der Waals surface area contributed by atoms with E-state index in [1.165, 1.54) is 40.2 Å². The van der Waals surface area contributed by atoms with E-state index in [4.69, 9.17) is 5.14 Å². The van der Waals surface area contributed by atoms with Crippen LogP contribution >= 0.6 is 11.3 Å². The molecule has 2 aromatic heterocycles. The predicted octanol–water partition coefficient (Wildman–Crippen LogP) is 3.03. The predicted molar refractivity (Wildman–Crippen MR) is 90.0 cm³/mol. The van der Waals surface area contributed by atoms with E-state index in [0.29, 0.717) is 11.3 Å². The monoisotopic (exact) mass is 402 g/mol. The first-order valence-corrected chi connectivity index (χ1v) is 9.65. The zero-order valence-electron chi connectivity index (χ0n) is 13.4. The van der Waals surface area contributed by atoms with Crippen LogP contribution in [0.4, 0.5) is 13.2 Å². The van der Waals surface area contributed by atoms with Crippen LogP contribution in [0.1, 0.15) is 16.4 Å². The normalized spacial score (nSPS) is 12.5. The van der Waals surface area contributed by atoms with Crippen LogP contribution < -0.4 is 5.14 Å². The Morgan fingerprint density at radius 2 is 1.85 bits per heavy atom. The number of nitrogens with two attached hydrogens (primary N) is 1. The van der Waals surface area contributed by atoms with Crippen LogP contribution in [0, 0.1) is 6.92 Å². The van der Waals surface area contributed by atoms with Crippen molar-refractivity contribution in [3.63, 3.8) is 0 Å². The molecule has 6 nitrogen and oxygen atoms in total. The number of sulfonamides is 1. The SMILES string of the molecule is Cc1nc(Cn2cc(C(F)(F)F)nc2-c2ccc(S(N)(=O)=O)cc2)cs1. The first-order chi connectivity index (χ1) is 12.0. The second-order valence-corrected chi connectivity index (χ2v) is 8.13. The van der Waals surface area contributed by atoms with Gasteiger partial charge in [0.25, 0.3) is 0 Å². The van der Waals surface area contributed by atoms with Crippen LogP contribution in [0.2, 0.25) is 0 Å². The highest BCUT2D eigenvalue weighted by Crippen LogP contribution is 2.31. The van der Waals surface area contributed by atoms with E-state index in [0.717, 1.165) is 11.2 Å². The average Bonchev–Trinajstić information content (AvgIpc) is 3.13. The summed E-state index contributed by atoms with van der Waals surface area (Å²) in [6.07, 6.45) is -3.68. The summed E-state index contributed by atoms with van der Waals surface area (Å²) in [5, 5.41) is 7.60. The first-order valence-electron chi connectivity index (χ1n) is 7.22. The number of aryl methyl sites for hydroxylation is 1. The maximum absolute atomic E-state index is 13.1. The number of benzene rings is 1. The molecule has 0 aliphatic rings. The smallest absolute Gasteiger partial charge is 0.324 e. The lowest BCUT2D eigenvalue weighted by atomic mass is 10.2. The Morgan fingerprint density at radius 1 is 1.19 bits per heavy atom. The zero-order chi connectivity index (χ0) is 19.1. The van der Waals surface area contributed by atoms with Gasteiger partial charge < -0.3 is 4.57 Å². The minimum Gasteiger partial charge on any atom is -0.324 e. The van der Waals surface area contributed by atoms with E-state index in [1.807, 2.05) is 0 Å². The van der Waals surface area contributed by atoms with Gasteiger partial charge in [-0.3, -0.25) is 0 Å². The van der Waals surface area contributed by atoms with Crippen molar-refractivity contribution < 1.29 is 21.6 Å². The third-order valence-corrected chi connectivity index (χ3v) is 5.26. The summed E-state index contributed by atoms with van der Waals surface area (Å²) in [6, 6.07) is 5.18. The van der Waals surface area contributed by atoms with Gasteiger partial charge >= 0.3 is 6.18 Å². The Labute approximate surface area is 151 Å². The highest BCUT2D eigenvalue weighted by molar-refractivity contribution is 7.89. The van der Waals surface area contributed by atoms with Gasteiger partial charge in [0, 0.05) is 17.1 Å². The Kier molecular flexibility index (Phi) is 4.63. The molecule has 26 heavy (non-hydrogen) atoms. The third kappa shape index (κ3) is 3.94. The van der Waals surface area contributed by atoms with E-state index < -0.39 is 21.9 Å². The van der Waals surface area contributed by atoms with Crippen LogP contribution in [0.3, 0.4) is 0 Å². The number of aromatic nitrogens is 3. The molecule has 0 radical (unpaired) electrons. The summed E-state index contributed by atoms with van der Waals surface area (Å²) >= 11 is 1.39. The molecule has 0 atom stereocenters. The van der Waals surface area contributed by atoms with Crippen molar-refractivity contribution in [2.24, 2.45) is 5.14 Å². The van der Waals surface area contributed by atoms with Crippen LogP contribution in [0.15, 0.2) is 40.7 Å². The molecule has 0 saturated heterocycles. The molecule has 0 saturated carbocycles. The van der Waals surface area contributed by atoms with Gasteiger partial charge in [-0.2, -0.15) is 13.2 Å². The largest absolute Gasteiger partial charge is 0.434 e. The molecule has 3 rings (SSSR count). The number of thiazole rings is 1. The number of primary sulfonamides is 1. The Morgan fingerprint density at radius 3 is 2.35 bits per heavy atom. The van der Waals surface area contributed by atoms with Crippen molar-refractivity contribution in [3.05, 3.63) is 52.2 Å². The molecule has 0 unspecified atom stereocenters. The van der Waals surface area contributed by atoms with E-state index in [2.05, 4.69) is 9.97 Å². The molecule has 1 aromatic carbocycles. The van der Waals surface area contributed by atoms with Crippen molar-refractivity contribution in [1.29, 1.82) is 0 Å². The number of nitrogens with zero attached hydrogens (tertiary/aromatic N) is 3. The Bertz CT molecular complexity index is 1040. The van der Waals surface area contributed by atoms with Crippen LogP contribution in [-0.2, 0) is 22.7 Å². The fourth-order valence-corrected chi connectivity index (χ4v) is 3.47. The van der Waals surface area contributed by atoms with Crippen LogP contribution in [0.25, 0.3) is 11.4 Å². The molecule has 0 aliphatic heterocycles. The van der Waals surface area contributed by atoms with E-state index in [9.17, 15) is 21.6 Å². The van der Waals surface area contributed by atoms with Gasteiger partial charge in [0.2, 0.25) is 10.0 Å². The fourth-order valence-electron chi connectivity index (χ4n) is 2.35. The summed E-state index contributed by atoms with van der Waals surface area (Å²) in [7, 11) is -3.89. The molecular formula is C15H13F3N4O2S2. The average molecular weight is 402 g/mol. The third-order valence-electron chi connectivity index (χ3n) is 3.51. The maximum Gasteiger partial charge on any atom is 0.434 e. The summed E-state index contributed by atoms with van der Waals surface area (Å²) in [6.45, 7) is 1.91. The number of hydrogen-bond acceptors (Lipinski definition) is 5. The zero-order valence-corrected chi connectivity index (χ0v) is 15.0. The van der Waals surface area contributed by atoms with E-state index in [-0.39, 0.29) is 17.3 Å². The minimum absolute atomic E-state index is 0.0592. The van der Waals surface area contributed by atoms with Crippen LogP contribution in [0.5, 0.6) is 0 Å². The van der Waals surface area contributed by atoms with Gasteiger partial charge in [0.1, 0.15) is 5.82 Å². The van der Waals surface area contributed by atoms with Gasteiger partial charge in [-0.25, -0.2) is 23.5 Å². The lowest BCUT2D eigenvalue weighted by molar-refractivity contribution is -0.140. The highest BCUT2D eigenvalue weighted by Gasteiger charge is 2.35. The van der Waals surface area contributed by atoms with Crippen molar-refractivity contribution in [1.82, 2.24) is 14.5 Å². The highest BCUT2D eigenvalue weighted by atomic mass is 32.2. The van der Waals surface area contributed by atoms with Gasteiger partial charge in [0.05, 0.1) is 22.1 Å². The Balaban J connectivity index is 2.05. The number of halogens is 3. The van der Waals surface area contributed by atoms with Crippen LogP contribution in [-0.4, -0.2) is 23.0 Å². The number of imidazole rings is 1.